The molecule has 1 heterocycles. The zero-order valence-electron chi connectivity index (χ0n) is 10.3. The molecule has 0 aliphatic rings. The SMILES string of the molecule is CC(Cc1ccccc1)Nc1nc(Cl)c(Cl)cc1Cl. The summed E-state index contributed by atoms with van der Waals surface area (Å²) in [6.07, 6.45) is 0.874. The second kappa shape index (κ2) is 6.47. The summed E-state index contributed by atoms with van der Waals surface area (Å²) in [6.45, 7) is 2.06. The van der Waals surface area contributed by atoms with Crippen molar-refractivity contribution in [1.29, 1.82) is 0 Å². The van der Waals surface area contributed by atoms with Crippen molar-refractivity contribution in [3.05, 3.63) is 57.2 Å². The van der Waals surface area contributed by atoms with Crippen LogP contribution in [0.4, 0.5) is 5.82 Å². The fourth-order valence-electron chi connectivity index (χ4n) is 1.80. The number of pyridine rings is 1. The summed E-state index contributed by atoms with van der Waals surface area (Å²) < 4.78 is 0. The maximum absolute atomic E-state index is 6.08. The predicted octanol–water partition coefficient (Wildman–Crippen LogP) is 5.08. The van der Waals surface area contributed by atoms with E-state index in [2.05, 4.69) is 29.4 Å². The summed E-state index contributed by atoms with van der Waals surface area (Å²) in [6, 6.07) is 12.0. The van der Waals surface area contributed by atoms with Gasteiger partial charge in [0.25, 0.3) is 0 Å². The number of nitrogens with one attached hydrogen (secondary N) is 1. The Bertz CT molecular complexity index is 558. The van der Waals surface area contributed by atoms with Gasteiger partial charge in [0.2, 0.25) is 0 Å². The lowest BCUT2D eigenvalue weighted by Crippen LogP contribution is -2.19. The Hall–Kier alpha value is -0.960. The Labute approximate surface area is 127 Å². The second-order valence-electron chi connectivity index (χ2n) is 4.33. The number of halogens is 3. The van der Waals surface area contributed by atoms with E-state index in [4.69, 9.17) is 34.8 Å². The number of aromatic nitrogens is 1. The number of hydrogen-bond donors (Lipinski definition) is 1. The van der Waals surface area contributed by atoms with Crippen LogP contribution in [-0.2, 0) is 6.42 Å². The molecule has 1 aromatic heterocycles. The van der Waals surface area contributed by atoms with Crippen molar-refractivity contribution < 1.29 is 0 Å². The van der Waals surface area contributed by atoms with Crippen LogP contribution >= 0.6 is 34.8 Å². The first-order chi connectivity index (χ1) is 9.06. The van der Waals surface area contributed by atoms with E-state index < -0.39 is 0 Å². The molecule has 1 atom stereocenters. The topological polar surface area (TPSA) is 24.9 Å². The lowest BCUT2D eigenvalue weighted by molar-refractivity contribution is 0.785. The Morgan fingerprint density at radius 3 is 2.47 bits per heavy atom. The lowest BCUT2D eigenvalue weighted by Gasteiger charge is -2.16. The summed E-state index contributed by atoms with van der Waals surface area (Å²) in [5.41, 5.74) is 1.25. The molecule has 1 unspecified atom stereocenters. The van der Waals surface area contributed by atoms with E-state index >= 15 is 0 Å². The standard InChI is InChI=1S/C14H13Cl3N2/c1-9(7-10-5-3-2-4-6-10)18-14-12(16)8-11(15)13(17)19-14/h2-6,8-9H,7H2,1H3,(H,18,19). The second-order valence-corrected chi connectivity index (χ2v) is 5.50. The quantitative estimate of drug-likeness (QED) is 0.795. The zero-order chi connectivity index (χ0) is 13.8. The van der Waals surface area contributed by atoms with Gasteiger partial charge in [-0.3, -0.25) is 0 Å². The van der Waals surface area contributed by atoms with Crippen molar-refractivity contribution >= 4 is 40.6 Å². The number of nitrogens with zero attached hydrogens (tertiary/aromatic N) is 1. The molecule has 2 nitrogen and oxygen atoms in total. The maximum atomic E-state index is 6.08. The molecule has 0 aliphatic heterocycles. The summed E-state index contributed by atoms with van der Waals surface area (Å²) in [5.74, 6) is 0.555. The molecule has 2 aromatic rings. The minimum atomic E-state index is 0.185. The molecule has 1 N–H and O–H groups in total. The molecule has 0 bridgehead atoms. The third-order valence-electron chi connectivity index (χ3n) is 2.65. The largest absolute Gasteiger partial charge is 0.366 e. The molecule has 0 saturated carbocycles. The Kier molecular flexibility index (Phi) is 4.92. The average Bonchev–Trinajstić information content (AvgIpc) is 2.37. The molecule has 1 aromatic carbocycles. The molecule has 0 saturated heterocycles. The van der Waals surface area contributed by atoms with E-state index in [1.54, 1.807) is 6.07 Å². The van der Waals surface area contributed by atoms with Gasteiger partial charge < -0.3 is 5.32 Å². The molecule has 19 heavy (non-hydrogen) atoms. The molecule has 0 radical (unpaired) electrons. The third kappa shape index (κ3) is 4.00. The van der Waals surface area contributed by atoms with Crippen LogP contribution < -0.4 is 5.32 Å². The van der Waals surface area contributed by atoms with Gasteiger partial charge in [-0.05, 0) is 25.0 Å². The first kappa shape index (κ1) is 14.4. The van der Waals surface area contributed by atoms with E-state index in [1.807, 2.05) is 18.2 Å². The van der Waals surface area contributed by atoms with E-state index in [1.165, 1.54) is 5.56 Å². The van der Waals surface area contributed by atoms with Gasteiger partial charge in [0.1, 0.15) is 11.0 Å². The highest BCUT2D eigenvalue weighted by Gasteiger charge is 2.10. The molecule has 0 fully saturated rings. The van der Waals surface area contributed by atoms with Crippen molar-refractivity contribution in [2.45, 2.75) is 19.4 Å². The first-order valence-electron chi connectivity index (χ1n) is 5.88. The van der Waals surface area contributed by atoms with Crippen LogP contribution in [0.2, 0.25) is 15.2 Å². The average molecular weight is 316 g/mol. The first-order valence-corrected chi connectivity index (χ1v) is 7.01. The summed E-state index contributed by atoms with van der Waals surface area (Å²) >= 11 is 17.8. The van der Waals surface area contributed by atoms with Gasteiger partial charge in [0.05, 0.1) is 10.0 Å². The molecule has 100 valence electrons. The van der Waals surface area contributed by atoms with Crippen molar-refractivity contribution in [3.8, 4) is 0 Å². The van der Waals surface area contributed by atoms with Gasteiger partial charge in [-0.25, -0.2) is 4.98 Å². The van der Waals surface area contributed by atoms with Gasteiger partial charge in [0, 0.05) is 6.04 Å². The fraction of sp³-hybridized carbons (Fsp3) is 0.214. The maximum Gasteiger partial charge on any atom is 0.150 e. The van der Waals surface area contributed by atoms with Gasteiger partial charge in [-0.2, -0.15) is 0 Å². The number of hydrogen-bond acceptors (Lipinski definition) is 2. The number of benzene rings is 1. The molecule has 0 spiro atoms. The van der Waals surface area contributed by atoms with E-state index in [0.29, 0.717) is 15.9 Å². The molecule has 2 rings (SSSR count). The van der Waals surface area contributed by atoms with Crippen LogP contribution in [-0.4, -0.2) is 11.0 Å². The van der Waals surface area contributed by atoms with E-state index in [-0.39, 0.29) is 11.2 Å². The molecular formula is C14H13Cl3N2. The Morgan fingerprint density at radius 1 is 1.11 bits per heavy atom. The highest BCUT2D eigenvalue weighted by Crippen LogP contribution is 2.29. The van der Waals surface area contributed by atoms with Crippen molar-refractivity contribution in [2.24, 2.45) is 0 Å². The van der Waals surface area contributed by atoms with Crippen molar-refractivity contribution in [1.82, 2.24) is 4.98 Å². The Balaban J connectivity index is 2.07. The summed E-state index contributed by atoms with van der Waals surface area (Å²) in [7, 11) is 0. The number of anilines is 1. The number of rotatable bonds is 4. The van der Waals surface area contributed by atoms with Crippen molar-refractivity contribution in [3.63, 3.8) is 0 Å². The Morgan fingerprint density at radius 2 is 1.79 bits per heavy atom. The fourth-order valence-corrected chi connectivity index (χ4v) is 2.35. The normalized spacial score (nSPS) is 12.2. The van der Waals surface area contributed by atoms with Gasteiger partial charge in [0.15, 0.2) is 0 Å². The van der Waals surface area contributed by atoms with Gasteiger partial charge >= 0.3 is 0 Å². The van der Waals surface area contributed by atoms with Crippen LogP contribution in [0, 0.1) is 0 Å². The molecule has 0 aliphatic carbocycles. The monoisotopic (exact) mass is 314 g/mol. The van der Waals surface area contributed by atoms with Gasteiger partial charge in [-0.1, -0.05) is 65.1 Å². The van der Waals surface area contributed by atoms with Gasteiger partial charge in [-0.15, -0.1) is 0 Å². The van der Waals surface area contributed by atoms with E-state index in [9.17, 15) is 0 Å². The van der Waals surface area contributed by atoms with Crippen LogP contribution in [0.15, 0.2) is 36.4 Å². The molecular weight excluding hydrogens is 303 g/mol. The molecule has 5 heteroatoms. The van der Waals surface area contributed by atoms with E-state index in [0.717, 1.165) is 6.42 Å². The van der Waals surface area contributed by atoms with Crippen LogP contribution in [0.1, 0.15) is 12.5 Å². The summed E-state index contributed by atoms with van der Waals surface area (Å²) in [5, 5.41) is 4.31. The summed E-state index contributed by atoms with van der Waals surface area (Å²) in [4.78, 5) is 4.14. The third-order valence-corrected chi connectivity index (χ3v) is 3.62. The smallest absolute Gasteiger partial charge is 0.150 e. The predicted molar refractivity (Wildman–Crippen MR) is 82.5 cm³/mol. The minimum absolute atomic E-state index is 0.185. The highest BCUT2D eigenvalue weighted by molar-refractivity contribution is 6.42. The minimum Gasteiger partial charge on any atom is -0.366 e. The van der Waals surface area contributed by atoms with Crippen LogP contribution in [0.3, 0.4) is 0 Å². The zero-order valence-corrected chi connectivity index (χ0v) is 12.6. The lowest BCUT2D eigenvalue weighted by atomic mass is 10.1. The van der Waals surface area contributed by atoms with Crippen molar-refractivity contribution in [2.75, 3.05) is 5.32 Å². The highest BCUT2D eigenvalue weighted by atomic mass is 35.5. The molecule has 0 amide bonds. The van der Waals surface area contributed by atoms with Crippen LogP contribution in [0.25, 0.3) is 0 Å². The van der Waals surface area contributed by atoms with Crippen LogP contribution in [0.5, 0.6) is 0 Å².